The van der Waals surface area contributed by atoms with Crippen molar-refractivity contribution in [2.24, 2.45) is 5.11 Å². The number of nitrogens with one attached hydrogen (secondary N) is 1. The van der Waals surface area contributed by atoms with Crippen LogP contribution in [0, 0.1) is 12.3 Å². The summed E-state index contributed by atoms with van der Waals surface area (Å²) in [7, 11) is 0. The molecule has 2 rings (SSSR count). The van der Waals surface area contributed by atoms with Gasteiger partial charge in [0, 0.05) is 11.3 Å². The second kappa shape index (κ2) is 7.72. The average molecular weight is 292 g/mol. The monoisotopic (exact) mass is 292 g/mol. The van der Waals surface area contributed by atoms with E-state index in [0.29, 0.717) is 6.42 Å². The fraction of sp³-hybridized carbons (Fsp3) is 0.235. The Kier molecular flexibility index (Phi) is 5.42. The number of hydrogen-bond acceptors (Lipinski definition) is 2. The van der Waals surface area contributed by atoms with Crippen LogP contribution in [-0.2, 0) is 11.2 Å². The zero-order chi connectivity index (χ0) is 15.8. The highest BCUT2D eigenvalue weighted by Gasteiger charge is 2.13. The van der Waals surface area contributed by atoms with Crippen molar-refractivity contribution < 1.29 is 4.79 Å². The number of amides is 1. The lowest BCUT2D eigenvalue weighted by molar-refractivity contribution is -0.121. The van der Waals surface area contributed by atoms with Crippen LogP contribution in [0.15, 0.2) is 47.6 Å². The minimum absolute atomic E-state index is 0.124. The van der Waals surface area contributed by atoms with Crippen molar-refractivity contribution in [3.8, 4) is 12.3 Å². The summed E-state index contributed by atoms with van der Waals surface area (Å²) in [5, 5.41) is 8.57. The molecule has 1 N–H and O–H groups in total. The van der Waals surface area contributed by atoms with Gasteiger partial charge in [-0.15, -0.1) is 6.42 Å². The van der Waals surface area contributed by atoms with Crippen LogP contribution in [0.5, 0.6) is 0 Å². The molecule has 5 heteroatoms. The summed E-state index contributed by atoms with van der Waals surface area (Å²) in [6.07, 6.45) is 5.73. The lowest BCUT2D eigenvalue weighted by Gasteiger charge is -2.11. The van der Waals surface area contributed by atoms with E-state index in [1.165, 1.54) is 0 Å². The van der Waals surface area contributed by atoms with Gasteiger partial charge in [0.05, 0.1) is 12.6 Å². The minimum atomic E-state index is -0.427. The molecular formula is C17H16N4O. The summed E-state index contributed by atoms with van der Waals surface area (Å²) in [6, 6.07) is 13.7. The Morgan fingerprint density at radius 2 is 2.09 bits per heavy atom. The van der Waals surface area contributed by atoms with E-state index in [9.17, 15) is 4.79 Å². The summed E-state index contributed by atoms with van der Waals surface area (Å²) in [4.78, 5) is 14.5. The van der Waals surface area contributed by atoms with Crippen molar-refractivity contribution in [3.63, 3.8) is 0 Å². The Hall–Kier alpha value is -2.96. The molecule has 0 aromatic heterocycles. The van der Waals surface area contributed by atoms with Crippen LogP contribution in [-0.4, -0.2) is 18.5 Å². The zero-order valence-corrected chi connectivity index (χ0v) is 12.1. The van der Waals surface area contributed by atoms with Crippen LogP contribution in [0.1, 0.15) is 12.0 Å². The molecule has 0 bridgehead atoms. The Morgan fingerprint density at radius 3 is 2.82 bits per heavy atom. The first kappa shape index (κ1) is 15.4. The molecule has 5 nitrogen and oxygen atoms in total. The molecule has 0 saturated heterocycles. The standard InChI is InChI=1S/C17H16N4O/c1-2-9-19-17(22)12-16(20-21-18)11-13-7-8-14-5-3-4-6-15(14)10-13/h1,3-8,10,16H,9,11-12H2,(H,19,22). The molecule has 2 aromatic rings. The van der Waals surface area contributed by atoms with Crippen molar-refractivity contribution in [1.82, 2.24) is 5.32 Å². The number of benzene rings is 2. The number of terminal acetylenes is 1. The van der Waals surface area contributed by atoms with Crippen molar-refractivity contribution in [3.05, 3.63) is 58.5 Å². The van der Waals surface area contributed by atoms with Gasteiger partial charge in [0.2, 0.25) is 5.91 Å². The van der Waals surface area contributed by atoms with Crippen molar-refractivity contribution in [2.45, 2.75) is 18.9 Å². The van der Waals surface area contributed by atoms with E-state index >= 15 is 0 Å². The number of fused-ring (bicyclic) bond motifs is 1. The highest BCUT2D eigenvalue weighted by atomic mass is 16.1. The Bertz CT molecular complexity index is 757. The first-order chi connectivity index (χ1) is 10.7. The maximum absolute atomic E-state index is 11.7. The molecule has 0 aliphatic heterocycles. The topological polar surface area (TPSA) is 77.9 Å². The summed E-state index contributed by atoms with van der Waals surface area (Å²) >= 11 is 0. The van der Waals surface area contributed by atoms with Crippen LogP contribution in [0.4, 0.5) is 0 Å². The predicted octanol–water partition coefficient (Wildman–Crippen LogP) is 3.20. The summed E-state index contributed by atoms with van der Waals surface area (Å²) in [5.74, 6) is 2.13. The fourth-order valence-corrected chi connectivity index (χ4v) is 2.30. The predicted molar refractivity (Wildman–Crippen MR) is 87.0 cm³/mol. The van der Waals surface area contributed by atoms with E-state index in [2.05, 4.69) is 27.3 Å². The van der Waals surface area contributed by atoms with Gasteiger partial charge in [-0.3, -0.25) is 4.79 Å². The Balaban J connectivity index is 2.10. The van der Waals surface area contributed by atoms with Gasteiger partial charge in [0.25, 0.3) is 0 Å². The minimum Gasteiger partial charge on any atom is -0.345 e. The molecule has 0 spiro atoms. The highest BCUT2D eigenvalue weighted by Crippen LogP contribution is 2.18. The number of carbonyl (C=O) groups is 1. The summed E-state index contributed by atoms with van der Waals surface area (Å²) in [6.45, 7) is 0.178. The number of rotatable bonds is 6. The van der Waals surface area contributed by atoms with Gasteiger partial charge in [0.15, 0.2) is 0 Å². The second-order valence-corrected chi connectivity index (χ2v) is 4.93. The van der Waals surface area contributed by atoms with Gasteiger partial charge in [-0.05, 0) is 28.3 Å². The van der Waals surface area contributed by atoms with Gasteiger partial charge in [-0.25, -0.2) is 0 Å². The molecule has 1 amide bonds. The molecule has 110 valence electrons. The first-order valence-electron chi connectivity index (χ1n) is 6.95. The quantitative estimate of drug-likeness (QED) is 0.377. The molecule has 1 atom stereocenters. The lowest BCUT2D eigenvalue weighted by atomic mass is 10.0. The summed E-state index contributed by atoms with van der Waals surface area (Å²) in [5.41, 5.74) is 9.70. The van der Waals surface area contributed by atoms with E-state index in [1.807, 2.05) is 36.4 Å². The zero-order valence-electron chi connectivity index (χ0n) is 12.1. The third-order valence-electron chi connectivity index (χ3n) is 3.31. The SMILES string of the molecule is C#CCNC(=O)CC(Cc1ccc2ccccc2c1)N=[N+]=[N-]. The van der Waals surface area contributed by atoms with E-state index in [4.69, 9.17) is 12.0 Å². The van der Waals surface area contributed by atoms with Crippen LogP contribution in [0.3, 0.4) is 0 Å². The van der Waals surface area contributed by atoms with Crippen LogP contribution in [0.2, 0.25) is 0 Å². The lowest BCUT2D eigenvalue weighted by Crippen LogP contribution is -2.27. The third-order valence-corrected chi connectivity index (χ3v) is 3.31. The van der Waals surface area contributed by atoms with Gasteiger partial charge in [0.1, 0.15) is 0 Å². The molecule has 0 fully saturated rings. The smallest absolute Gasteiger partial charge is 0.221 e. The molecule has 22 heavy (non-hydrogen) atoms. The Morgan fingerprint density at radius 1 is 1.32 bits per heavy atom. The van der Waals surface area contributed by atoms with Crippen molar-refractivity contribution in [1.29, 1.82) is 0 Å². The van der Waals surface area contributed by atoms with E-state index in [-0.39, 0.29) is 18.9 Å². The molecule has 0 aliphatic rings. The third kappa shape index (κ3) is 4.27. The van der Waals surface area contributed by atoms with Gasteiger partial charge >= 0.3 is 0 Å². The second-order valence-electron chi connectivity index (χ2n) is 4.93. The van der Waals surface area contributed by atoms with E-state index in [0.717, 1.165) is 16.3 Å². The molecule has 2 aromatic carbocycles. The number of hydrogen-bond donors (Lipinski definition) is 1. The van der Waals surface area contributed by atoms with Crippen LogP contribution < -0.4 is 5.32 Å². The van der Waals surface area contributed by atoms with Crippen LogP contribution >= 0.6 is 0 Å². The van der Waals surface area contributed by atoms with Crippen molar-refractivity contribution >= 4 is 16.7 Å². The van der Waals surface area contributed by atoms with Gasteiger partial charge in [-0.2, -0.15) is 0 Å². The molecule has 0 saturated carbocycles. The largest absolute Gasteiger partial charge is 0.345 e. The fourth-order valence-electron chi connectivity index (χ4n) is 2.30. The van der Waals surface area contributed by atoms with Crippen molar-refractivity contribution in [2.75, 3.05) is 6.54 Å². The first-order valence-corrected chi connectivity index (χ1v) is 6.95. The van der Waals surface area contributed by atoms with E-state index in [1.54, 1.807) is 0 Å². The van der Waals surface area contributed by atoms with Gasteiger partial charge in [-0.1, -0.05) is 53.5 Å². The highest BCUT2D eigenvalue weighted by molar-refractivity contribution is 5.83. The normalized spacial score (nSPS) is 11.2. The Labute approximate surface area is 129 Å². The molecule has 1 unspecified atom stereocenters. The average Bonchev–Trinajstić information content (AvgIpc) is 2.53. The number of carbonyl (C=O) groups excluding carboxylic acids is 1. The number of nitrogens with zero attached hydrogens (tertiary/aromatic N) is 3. The molecule has 0 heterocycles. The summed E-state index contributed by atoms with van der Waals surface area (Å²) < 4.78 is 0. The maximum Gasteiger partial charge on any atom is 0.221 e. The number of azide groups is 1. The van der Waals surface area contributed by atoms with E-state index < -0.39 is 6.04 Å². The van der Waals surface area contributed by atoms with Crippen LogP contribution in [0.25, 0.3) is 21.2 Å². The van der Waals surface area contributed by atoms with Gasteiger partial charge < -0.3 is 5.32 Å². The maximum atomic E-state index is 11.7. The molecule has 0 aliphatic carbocycles. The molecule has 0 radical (unpaired) electrons. The molecular weight excluding hydrogens is 276 g/mol.